The van der Waals surface area contributed by atoms with Crippen molar-refractivity contribution in [3.05, 3.63) is 0 Å². The summed E-state index contributed by atoms with van der Waals surface area (Å²) in [5.41, 5.74) is 9.93. The highest BCUT2D eigenvalue weighted by molar-refractivity contribution is 7.87. The zero-order valence-electron chi connectivity index (χ0n) is 13.8. The van der Waals surface area contributed by atoms with Crippen LogP contribution in [-0.4, -0.2) is 65.8 Å². The molecule has 1 aliphatic rings. The van der Waals surface area contributed by atoms with Crippen LogP contribution in [0.4, 0.5) is 0 Å². The molecule has 1 saturated heterocycles. The van der Waals surface area contributed by atoms with Crippen LogP contribution >= 0.6 is 0 Å². The number of hydrogen-bond acceptors (Lipinski definition) is 7. The largest absolute Gasteiger partial charge is 0.480 e. The molecule has 0 radical (unpaired) electrons. The van der Waals surface area contributed by atoms with E-state index < -0.39 is 40.9 Å². The molecular formula is C12H27BN4O6S. The number of rotatable bonds is 10. The number of carboxylic acid groups (broad SMARTS) is 1. The molecule has 24 heavy (non-hydrogen) atoms. The van der Waals surface area contributed by atoms with Crippen LogP contribution in [-0.2, 0) is 15.0 Å². The van der Waals surface area contributed by atoms with Gasteiger partial charge in [0.15, 0.2) is 0 Å². The summed E-state index contributed by atoms with van der Waals surface area (Å²) in [6.07, 6.45) is 1.07. The lowest BCUT2D eigenvalue weighted by Crippen LogP contribution is -2.56. The quantitative estimate of drug-likeness (QED) is 0.187. The van der Waals surface area contributed by atoms with E-state index in [1.54, 1.807) is 0 Å². The lowest BCUT2D eigenvalue weighted by atomic mass is 9.78. The van der Waals surface area contributed by atoms with E-state index in [9.17, 15) is 18.3 Å². The van der Waals surface area contributed by atoms with Crippen molar-refractivity contribution in [1.82, 2.24) is 9.03 Å². The summed E-state index contributed by atoms with van der Waals surface area (Å²) < 4.78 is 28.0. The predicted octanol–water partition coefficient (Wildman–Crippen LogP) is -2.13. The zero-order chi connectivity index (χ0) is 18.5. The Hall–Kier alpha value is -0.755. The third kappa shape index (κ3) is 5.38. The van der Waals surface area contributed by atoms with Crippen LogP contribution in [0.3, 0.4) is 0 Å². The molecule has 0 aromatic heterocycles. The average Bonchev–Trinajstić information content (AvgIpc) is 2.78. The van der Waals surface area contributed by atoms with E-state index in [1.165, 1.54) is 0 Å². The maximum atomic E-state index is 12.4. The Morgan fingerprint density at radius 1 is 1.50 bits per heavy atom. The Morgan fingerprint density at radius 2 is 2.12 bits per heavy atom. The topological polar surface area (TPSA) is 179 Å². The molecule has 0 aromatic carbocycles. The van der Waals surface area contributed by atoms with Crippen LogP contribution in [0.1, 0.15) is 32.6 Å². The Bertz CT molecular complexity index is 534. The minimum Gasteiger partial charge on any atom is -0.480 e. The number of nitrogens with zero attached hydrogens (tertiary/aromatic N) is 1. The third-order valence-corrected chi connectivity index (χ3v) is 5.80. The van der Waals surface area contributed by atoms with Gasteiger partial charge in [0.05, 0.1) is 6.17 Å². The molecule has 0 saturated carbocycles. The number of nitrogens with one attached hydrogen (secondary N) is 1. The Kier molecular flexibility index (Phi) is 7.59. The van der Waals surface area contributed by atoms with Gasteiger partial charge in [0.2, 0.25) is 0 Å². The summed E-state index contributed by atoms with van der Waals surface area (Å²) in [6, 6.07) is 0. The highest BCUT2D eigenvalue weighted by Crippen LogP contribution is 2.31. The lowest BCUT2D eigenvalue weighted by molar-refractivity contribution is -0.144. The van der Waals surface area contributed by atoms with Gasteiger partial charge >= 0.3 is 13.1 Å². The first-order valence-corrected chi connectivity index (χ1v) is 9.38. The Labute approximate surface area is 142 Å². The first kappa shape index (κ1) is 21.3. The van der Waals surface area contributed by atoms with Crippen molar-refractivity contribution < 1.29 is 28.4 Å². The number of hydrogen-bond donors (Lipinski definition) is 6. The van der Waals surface area contributed by atoms with E-state index in [2.05, 4.69) is 4.72 Å². The van der Waals surface area contributed by atoms with Crippen LogP contribution in [0.2, 0.25) is 6.32 Å². The van der Waals surface area contributed by atoms with Crippen molar-refractivity contribution in [3.8, 4) is 0 Å². The van der Waals surface area contributed by atoms with Crippen LogP contribution in [0.15, 0.2) is 0 Å². The fourth-order valence-electron chi connectivity index (χ4n) is 2.85. The first-order valence-electron chi connectivity index (χ1n) is 7.94. The van der Waals surface area contributed by atoms with E-state index in [0.717, 1.165) is 4.31 Å². The molecule has 1 unspecified atom stereocenters. The van der Waals surface area contributed by atoms with E-state index in [4.69, 9.17) is 21.5 Å². The molecule has 0 spiro atoms. The molecule has 0 aliphatic carbocycles. The molecule has 12 heteroatoms. The van der Waals surface area contributed by atoms with Crippen LogP contribution < -0.4 is 16.2 Å². The van der Waals surface area contributed by atoms with Gasteiger partial charge in [-0.2, -0.15) is 17.4 Å². The summed E-state index contributed by atoms with van der Waals surface area (Å²) in [5.74, 6) is -1.92. The van der Waals surface area contributed by atoms with Crippen molar-refractivity contribution in [2.75, 3.05) is 13.1 Å². The predicted molar refractivity (Wildman–Crippen MR) is 88.8 cm³/mol. The van der Waals surface area contributed by atoms with Crippen molar-refractivity contribution in [3.63, 3.8) is 0 Å². The highest BCUT2D eigenvalue weighted by Gasteiger charge is 2.52. The number of carbonyl (C=O) groups is 1. The lowest BCUT2D eigenvalue weighted by Gasteiger charge is -2.25. The Balaban J connectivity index is 2.83. The van der Waals surface area contributed by atoms with Crippen LogP contribution in [0, 0.1) is 5.92 Å². The smallest absolute Gasteiger partial charge is 0.451 e. The monoisotopic (exact) mass is 366 g/mol. The van der Waals surface area contributed by atoms with Gasteiger partial charge in [0.1, 0.15) is 5.54 Å². The minimum atomic E-state index is -3.94. The van der Waals surface area contributed by atoms with E-state index in [1.807, 2.05) is 6.92 Å². The van der Waals surface area contributed by atoms with Crippen molar-refractivity contribution in [1.29, 1.82) is 0 Å². The molecule has 1 rings (SSSR count). The van der Waals surface area contributed by atoms with Gasteiger partial charge in [-0.05, 0) is 19.2 Å². The summed E-state index contributed by atoms with van der Waals surface area (Å²) in [6.45, 7) is 1.45. The molecule has 0 bridgehead atoms. The molecule has 1 aliphatic heterocycles. The second-order valence-electron chi connectivity index (χ2n) is 6.26. The normalized spacial score (nSPS) is 26.5. The number of aliphatic carboxylic acids is 1. The minimum absolute atomic E-state index is 0.0570. The summed E-state index contributed by atoms with van der Waals surface area (Å²) in [5, 5.41) is 27.2. The number of carboxylic acids is 1. The molecule has 1 heterocycles. The van der Waals surface area contributed by atoms with E-state index in [-0.39, 0.29) is 25.8 Å². The fourth-order valence-corrected chi connectivity index (χ4v) is 4.26. The maximum absolute atomic E-state index is 12.4. The van der Waals surface area contributed by atoms with E-state index in [0.29, 0.717) is 19.3 Å². The average molecular weight is 366 g/mol. The maximum Gasteiger partial charge on any atom is 0.451 e. The zero-order valence-corrected chi connectivity index (χ0v) is 14.6. The SMILES string of the molecule is CCCC(N)NS(=O)(=O)N1C[C@H](CCCB(O)O)[C@](N)(C(=O)O)C1. The molecule has 1 fully saturated rings. The Morgan fingerprint density at radius 3 is 2.62 bits per heavy atom. The standard InChI is InChI=1S/C12H27BN4O6S/c1-2-4-10(14)16-24(22,23)17-7-9(5-3-6-13(20)21)12(15,8-17)11(18)19/h9-10,16,20-21H,2-8,14-15H2,1H3,(H,18,19)/t9-,10?,12-/m0/s1. The second kappa shape index (κ2) is 8.56. The van der Waals surface area contributed by atoms with Gasteiger partial charge < -0.3 is 26.6 Å². The molecule has 0 amide bonds. The van der Waals surface area contributed by atoms with Gasteiger partial charge in [-0.25, -0.2) is 0 Å². The molecule has 3 atom stereocenters. The van der Waals surface area contributed by atoms with Gasteiger partial charge in [0.25, 0.3) is 10.2 Å². The molecule has 8 N–H and O–H groups in total. The summed E-state index contributed by atoms with van der Waals surface area (Å²) >= 11 is 0. The van der Waals surface area contributed by atoms with Crippen LogP contribution in [0.25, 0.3) is 0 Å². The molecule has 140 valence electrons. The second-order valence-corrected chi connectivity index (χ2v) is 7.97. The third-order valence-electron chi connectivity index (χ3n) is 4.24. The van der Waals surface area contributed by atoms with Crippen molar-refractivity contribution >= 4 is 23.3 Å². The first-order chi connectivity index (χ1) is 11.0. The highest BCUT2D eigenvalue weighted by atomic mass is 32.2. The number of nitrogens with two attached hydrogens (primary N) is 2. The molecule has 10 nitrogen and oxygen atoms in total. The van der Waals surface area contributed by atoms with Gasteiger partial charge in [-0.3, -0.25) is 4.79 Å². The van der Waals surface area contributed by atoms with Gasteiger partial charge in [-0.15, -0.1) is 0 Å². The summed E-state index contributed by atoms with van der Waals surface area (Å²) in [7, 11) is -5.43. The van der Waals surface area contributed by atoms with Gasteiger partial charge in [0, 0.05) is 19.0 Å². The van der Waals surface area contributed by atoms with Gasteiger partial charge in [-0.1, -0.05) is 19.8 Å². The fraction of sp³-hybridized carbons (Fsp3) is 0.917. The van der Waals surface area contributed by atoms with Crippen LogP contribution in [0.5, 0.6) is 0 Å². The molecular weight excluding hydrogens is 339 g/mol. The van der Waals surface area contributed by atoms with Crippen molar-refractivity contribution in [2.45, 2.75) is 50.6 Å². The summed E-state index contributed by atoms with van der Waals surface area (Å²) in [4.78, 5) is 11.5. The molecule has 0 aromatic rings. The van der Waals surface area contributed by atoms with E-state index >= 15 is 0 Å². The van der Waals surface area contributed by atoms with Crippen molar-refractivity contribution in [2.24, 2.45) is 17.4 Å².